The molecule has 20 heavy (non-hydrogen) atoms. The van der Waals surface area contributed by atoms with Crippen LogP contribution in [-0.4, -0.2) is 29.5 Å². The molecular formula is C10H14N6O4. The van der Waals surface area contributed by atoms with E-state index in [1.54, 1.807) is 27.9 Å². The second-order valence-corrected chi connectivity index (χ2v) is 3.93. The predicted molar refractivity (Wildman–Crippen MR) is 69.7 cm³/mol. The molecule has 2 N–H and O–H groups in total. The van der Waals surface area contributed by atoms with Crippen LogP contribution in [-0.2, 0) is 14.1 Å². The van der Waals surface area contributed by atoms with Gasteiger partial charge in [-0.1, -0.05) is 0 Å². The molecule has 0 aromatic carbocycles. The fourth-order valence-corrected chi connectivity index (χ4v) is 1.11. The number of hydrogen-bond donors (Lipinski definition) is 2. The number of hydrogen-bond acceptors (Lipinski definition) is 6. The van der Waals surface area contributed by atoms with Crippen molar-refractivity contribution in [2.45, 2.75) is 13.8 Å². The third-order valence-corrected chi connectivity index (χ3v) is 2.42. The summed E-state index contributed by atoms with van der Waals surface area (Å²) < 4.78 is 2.79. The topological polar surface area (TPSA) is 136 Å². The lowest BCUT2D eigenvalue weighted by Crippen LogP contribution is -2.34. The molecule has 0 atom stereocenters. The minimum absolute atomic E-state index is 0.490. The maximum absolute atomic E-state index is 10.5. The first-order chi connectivity index (χ1) is 9.22. The average molecular weight is 282 g/mol. The Morgan fingerprint density at radius 2 is 1.05 bits per heavy atom. The molecule has 2 rings (SSSR count). The van der Waals surface area contributed by atoms with Crippen molar-refractivity contribution >= 4 is 0 Å². The first-order valence-corrected chi connectivity index (χ1v) is 5.50. The van der Waals surface area contributed by atoms with Crippen LogP contribution in [0.25, 0.3) is 0 Å². The van der Waals surface area contributed by atoms with Crippen LogP contribution < -0.4 is 22.2 Å². The van der Waals surface area contributed by atoms with Crippen molar-refractivity contribution in [3.8, 4) is 0 Å². The Labute approximate surface area is 111 Å². The zero-order valence-corrected chi connectivity index (χ0v) is 11.4. The van der Waals surface area contributed by atoms with Crippen LogP contribution in [0.15, 0.2) is 19.2 Å². The quantitative estimate of drug-likeness (QED) is 0.515. The van der Waals surface area contributed by atoms with Crippen molar-refractivity contribution < 1.29 is 0 Å². The summed E-state index contributed by atoms with van der Waals surface area (Å²) in [6.07, 6.45) is 0. The first-order valence-electron chi connectivity index (χ1n) is 5.50. The van der Waals surface area contributed by atoms with E-state index in [-0.39, 0.29) is 0 Å². The van der Waals surface area contributed by atoms with E-state index in [0.717, 1.165) is 0 Å². The van der Waals surface area contributed by atoms with Gasteiger partial charge in [-0.05, 0) is 13.8 Å². The van der Waals surface area contributed by atoms with E-state index in [2.05, 4.69) is 20.2 Å². The first kappa shape index (κ1) is 15.3. The number of nitrogens with zero attached hydrogens (tertiary/aromatic N) is 4. The molecule has 0 saturated heterocycles. The minimum Gasteiger partial charge on any atom is -0.275 e. The smallest absolute Gasteiger partial charge is 0.275 e. The lowest BCUT2D eigenvalue weighted by atomic mass is 10.7. The molecule has 10 heteroatoms. The third-order valence-electron chi connectivity index (χ3n) is 2.42. The molecule has 0 radical (unpaired) electrons. The molecule has 10 nitrogen and oxygen atoms in total. The Bertz CT molecular complexity index is 699. The number of aryl methyl sites for hydroxylation is 4. The number of rotatable bonds is 0. The van der Waals surface area contributed by atoms with Crippen LogP contribution in [0.5, 0.6) is 0 Å². The van der Waals surface area contributed by atoms with Gasteiger partial charge in [-0.25, -0.2) is 0 Å². The largest absolute Gasteiger partial charge is 0.338 e. The molecule has 0 unspecified atom stereocenters. The summed E-state index contributed by atoms with van der Waals surface area (Å²) in [6.45, 7) is 3.27. The summed E-state index contributed by atoms with van der Waals surface area (Å²) in [7, 11) is 3.23. The van der Waals surface area contributed by atoms with Crippen molar-refractivity contribution in [2.75, 3.05) is 0 Å². The van der Waals surface area contributed by atoms with E-state index < -0.39 is 22.2 Å². The lowest BCUT2D eigenvalue weighted by Gasteiger charge is -1.98. The molecule has 0 amide bonds. The number of aromatic amines is 2. The Morgan fingerprint density at radius 3 is 1.30 bits per heavy atom. The van der Waals surface area contributed by atoms with Gasteiger partial charge in [0.15, 0.2) is 0 Å². The SMILES string of the molecule is Cc1nc(=O)c(=O)[nH]n1C.Cc1nc(=O)c(=O)[nH]n1C. The Morgan fingerprint density at radius 1 is 0.750 bits per heavy atom. The Kier molecular flexibility index (Phi) is 4.51. The molecule has 0 spiro atoms. The van der Waals surface area contributed by atoms with E-state index in [9.17, 15) is 19.2 Å². The van der Waals surface area contributed by atoms with Gasteiger partial charge in [0.2, 0.25) is 0 Å². The molecule has 0 saturated carbocycles. The zero-order valence-electron chi connectivity index (χ0n) is 11.4. The van der Waals surface area contributed by atoms with Gasteiger partial charge in [0.1, 0.15) is 11.6 Å². The fourth-order valence-electron chi connectivity index (χ4n) is 1.11. The van der Waals surface area contributed by atoms with E-state index in [1.807, 2.05) is 0 Å². The van der Waals surface area contributed by atoms with Crippen molar-refractivity contribution in [3.05, 3.63) is 53.1 Å². The Hall–Kier alpha value is -2.78. The molecule has 0 aliphatic heterocycles. The summed E-state index contributed by atoms with van der Waals surface area (Å²) in [6, 6.07) is 0. The van der Waals surface area contributed by atoms with Crippen molar-refractivity contribution in [1.82, 2.24) is 29.5 Å². The van der Waals surface area contributed by atoms with Gasteiger partial charge in [0, 0.05) is 14.1 Å². The third kappa shape index (κ3) is 3.60. The normalized spacial score (nSPS) is 9.80. The highest BCUT2D eigenvalue weighted by molar-refractivity contribution is 4.81. The lowest BCUT2D eigenvalue weighted by molar-refractivity contribution is 0.651. The number of aromatic nitrogens is 6. The second-order valence-electron chi connectivity index (χ2n) is 3.93. The van der Waals surface area contributed by atoms with Crippen LogP contribution in [0.2, 0.25) is 0 Å². The van der Waals surface area contributed by atoms with Gasteiger partial charge in [-0.2, -0.15) is 9.97 Å². The maximum Gasteiger partial charge on any atom is 0.338 e. The molecule has 0 bridgehead atoms. The predicted octanol–water partition coefficient (Wildman–Crippen LogP) is -2.45. The molecule has 108 valence electrons. The highest BCUT2D eigenvalue weighted by atomic mass is 16.2. The highest BCUT2D eigenvalue weighted by Crippen LogP contribution is 1.76. The van der Waals surface area contributed by atoms with E-state index in [4.69, 9.17) is 0 Å². The summed E-state index contributed by atoms with van der Waals surface area (Å²) in [4.78, 5) is 49.0. The summed E-state index contributed by atoms with van der Waals surface area (Å²) in [5, 5.41) is 4.59. The maximum atomic E-state index is 10.5. The number of H-pyrrole nitrogens is 2. The Balaban J connectivity index is 0.000000200. The van der Waals surface area contributed by atoms with Gasteiger partial charge < -0.3 is 0 Å². The van der Waals surface area contributed by atoms with Gasteiger partial charge in [-0.15, -0.1) is 0 Å². The molecule has 0 aliphatic rings. The minimum atomic E-state index is -0.740. The van der Waals surface area contributed by atoms with Crippen LogP contribution in [0.3, 0.4) is 0 Å². The van der Waals surface area contributed by atoms with Crippen LogP contribution in [0.4, 0.5) is 0 Å². The van der Waals surface area contributed by atoms with Gasteiger partial charge in [0.05, 0.1) is 0 Å². The molecule has 0 fully saturated rings. The summed E-state index contributed by atoms with van der Waals surface area (Å²) in [5.74, 6) is 0.981. The number of nitrogens with one attached hydrogen (secondary N) is 2. The van der Waals surface area contributed by atoms with Gasteiger partial charge in [0.25, 0.3) is 0 Å². The molecule has 2 aromatic heterocycles. The van der Waals surface area contributed by atoms with Crippen molar-refractivity contribution in [1.29, 1.82) is 0 Å². The second kappa shape index (κ2) is 5.91. The monoisotopic (exact) mass is 282 g/mol. The molecule has 2 heterocycles. The molecular weight excluding hydrogens is 268 g/mol. The summed E-state index contributed by atoms with van der Waals surface area (Å²) >= 11 is 0. The van der Waals surface area contributed by atoms with Gasteiger partial charge >= 0.3 is 22.2 Å². The standard InChI is InChI=1S/2C5H7N3O2/c2*1-3-6-4(9)5(10)7-8(3)2/h2*1-2H3,(H,7,10). The highest BCUT2D eigenvalue weighted by Gasteiger charge is 1.96. The fraction of sp³-hybridized carbons (Fsp3) is 0.400. The molecule has 0 aliphatic carbocycles. The van der Waals surface area contributed by atoms with Crippen molar-refractivity contribution in [2.24, 2.45) is 14.1 Å². The summed E-state index contributed by atoms with van der Waals surface area (Å²) in [5.41, 5.74) is -2.85. The van der Waals surface area contributed by atoms with E-state index >= 15 is 0 Å². The zero-order chi connectivity index (χ0) is 15.4. The van der Waals surface area contributed by atoms with Crippen LogP contribution in [0, 0.1) is 13.8 Å². The average Bonchev–Trinajstić information content (AvgIpc) is 2.35. The molecule has 2 aromatic rings. The van der Waals surface area contributed by atoms with Gasteiger partial charge in [-0.3, -0.25) is 38.7 Å². The van der Waals surface area contributed by atoms with Crippen LogP contribution in [0.1, 0.15) is 11.6 Å². The van der Waals surface area contributed by atoms with Crippen molar-refractivity contribution in [3.63, 3.8) is 0 Å². The van der Waals surface area contributed by atoms with E-state index in [0.29, 0.717) is 11.6 Å². The van der Waals surface area contributed by atoms with Crippen LogP contribution >= 0.6 is 0 Å². The van der Waals surface area contributed by atoms with E-state index in [1.165, 1.54) is 9.36 Å².